The third kappa shape index (κ3) is 5.42. The van der Waals surface area contributed by atoms with Gasteiger partial charge in [0.2, 0.25) is 5.91 Å². The summed E-state index contributed by atoms with van der Waals surface area (Å²) in [7, 11) is 1.68. The molecule has 1 aliphatic heterocycles. The molecule has 1 aliphatic rings. The van der Waals surface area contributed by atoms with E-state index in [0.717, 1.165) is 21.8 Å². The Bertz CT molecular complexity index is 1380. The Hall–Kier alpha value is -3.55. The number of phenols is 1. The Morgan fingerprint density at radius 3 is 2.60 bits per heavy atom. The van der Waals surface area contributed by atoms with E-state index in [1.165, 1.54) is 4.90 Å². The van der Waals surface area contributed by atoms with Crippen LogP contribution in [0.15, 0.2) is 68.3 Å². The zero-order valence-corrected chi connectivity index (χ0v) is 21.0. The second-order valence-electron chi connectivity index (χ2n) is 7.93. The highest BCUT2D eigenvalue weighted by Gasteiger charge is 2.39. The van der Waals surface area contributed by atoms with Gasteiger partial charge in [-0.2, -0.15) is 5.26 Å². The van der Waals surface area contributed by atoms with E-state index >= 15 is 0 Å². The number of nitrogens with zero attached hydrogens (tertiary/aromatic N) is 3. The predicted molar refractivity (Wildman–Crippen MR) is 136 cm³/mol. The van der Waals surface area contributed by atoms with Gasteiger partial charge in [-0.05, 0) is 36.2 Å². The Balaban J connectivity index is 1.49. The molecule has 178 valence electrons. The number of imide groups is 1. The van der Waals surface area contributed by atoms with Crippen molar-refractivity contribution in [3.8, 4) is 23.1 Å². The molecule has 4 rings (SSSR count). The molecular weight excluding hydrogens is 534 g/mol. The lowest BCUT2D eigenvalue weighted by Crippen LogP contribution is -2.38. The van der Waals surface area contributed by atoms with Gasteiger partial charge >= 0.3 is 5.63 Å². The van der Waals surface area contributed by atoms with E-state index in [1.807, 2.05) is 18.2 Å². The van der Waals surface area contributed by atoms with Crippen LogP contribution in [0.1, 0.15) is 11.1 Å². The lowest BCUT2D eigenvalue weighted by molar-refractivity contribution is -0.126. The first-order valence-corrected chi connectivity index (χ1v) is 12.3. The average Bonchev–Trinajstić information content (AvgIpc) is 3.09. The van der Waals surface area contributed by atoms with Gasteiger partial charge in [-0.1, -0.05) is 52.0 Å². The number of hydrogen-bond acceptors (Lipinski definition) is 8. The molecule has 1 unspecified atom stereocenters. The molecule has 0 bridgehead atoms. The van der Waals surface area contributed by atoms with Crippen molar-refractivity contribution in [3.63, 3.8) is 0 Å². The number of benzene rings is 2. The molecule has 10 heteroatoms. The van der Waals surface area contributed by atoms with Gasteiger partial charge in [0.25, 0.3) is 5.24 Å². The van der Waals surface area contributed by atoms with E-state index in [0.29, 0.717) is 23.4 Å². The first-order valence-electron chi connectivity index (χ1n) is 10.6. The molecule has 3 aromatic rings. The Labute approximate surface area is 213 Å². The largest absolute Gasteiger partial charge is 0.508 e. The van der Waals surface area contributed by atoms with Gasteiger partial charge < -0.3 is 14.4 Å². The predicted octanol–water partition coefficient (Wildman–Crippen LogP) is 4.39. The number of amides is 2. The molecule has 0 aliphatic carbocycles. The summed E-state index contributed by atoms with van der Waals surface area (Å²) < 4.78 is 6.22. The van der Waals surface area contributed by atoms with Crippen LogP contribution in [-0.2, 0) is 11.2 Å². The lowest BCUT2D eigenvalue weighted by Gasteiger charge is -2.23. The van der Waals surface area contributed by atoms with Gasteiger partial charge in [-0.15, -0.1) is 0 Å². The standard InChI is InChI=1S/C25H20BrN3O5S/c1-28(20-13-21(34-24(32)19(20)14-27)16-5-7-17(26)8-6-16)9-10-29-23(31)22(35-25(29)33)12-15-3-2-4-18(30)11-15/h2-8,11,13,22,30H,9-10,12H2,1H3. The number of hydrogen-bond donors (Lipinski definition) is 1. The Morgan fingerprint density at radius 1 is 1.17 bits per heavy atom. The molecule has 1 saturated heterocycles. The second kappa shape index (κ2) is 10.4. The SMILES string of the molecule is CN(CCN1C(=O)SC(Cc2cccc(O)c2)C1=O)c1cc(-c2ccc(Br)cc2)oc(=O)c1C#N. The van der Waals surface area contributed by atoms with E-state index in [1.54, 1.807) is 54.4 Å². The number of carbonyl (C=O) groups is 2. The number of anilines is 1. The van der Waals surface area contributed by atoms with E-state index < -0.39 is 10.9 Å². The van der Waals surface area contributed by atoms with Crippen LogP contribution in [0.5, 0.6) is 5.75 Å². The van der Waals surface area contributed by atoms with Gasteiger partial charge in [-0.3, -0.25) is 14.5 Å². The molecule has 1 atom stereocenters. The highest BCUT2D eigenvalue weighted by molar-refractivity contribution is 9.10. The molecule has 35 heavy (non-hydrogen) atoms. The molecule has 0 saturated carbocycles. The quantitative estimate of drug-likeness (QED) is 0.458. The number of likely N-dealkylation sites (N-methyl/N-ethyl adjacent to an activating group) is 1. The molecule has 1 fully saturated rings. The molecule has 2 amide bonds. The monoisotopic (exact) mass is 553 g/mol. The van der Waals surface area contributed by atoms with E-state index in [4.69, 9.17) is 4.42 Å². The minimum atomic E-state index is -0.759. The summed E-state index contributed by atoms with van der Waals surface area (Å²) in [5.74, 6) is 0.102. The van der Waals surface area contributed by atoms with Crippen LogP contribution in [0.25, 0.3) is 11.3 Å². The molecule has 8 nitrogen and oxygen atoms in total. The van der Waals surface area contributed by atoms with Crippen LogP contribution in [0.3, 0.4) is 0 Å². The van der Waals surface area contributed by atoms with Crippen molar-refractivity contribution in [2.45, 2.75) is 11.7 Å². The maximum Gasteiger partial charge on any atom is 0.356 e. The van der Waals surface area contributed by atoms with Crippen LogP contribution in [0.2, 0.25) is 0 Å². The molecule has 2 aromatic carbocycles. The third-order valence-corrected chi connectivity index (χ3v) is 7.18. The fourth-order valence-corrected chi connectivity index (χ4v) is 5.06. The number of aromatic hydroxyl groups is 1. The number of nitriles is 1. The van der Waals surface area contributed by atoms with E-state index in [-0.39, 0.29) is 35.5 Å². The van der Waals surface area contributed by atoms with Crippen molar-refractivity contribution in [1.82, 2.24) is 4.90 Å². The first-order chi connectivity index (χ1) is 16.8. The summed E-state index contributed by atoms with van der Waals surface area (Å²) in [4.78, 5) is 40.7. The van der Waals surface area contributed by atoms with Gasteiger partial charge in [0.15, 0.2) is 5.56 Å². The van der Waals surface area contributed by atoms with Crippen LogP contribution < -0.4 is 10.5 Å². The summed E-state index contributed by atoms with van der Waals surface area (Å²) in [5.41, 5.74) is 0.872. The molecular formula is C25H20BrN3O5S. The number of thioether (sulfide) groups is 1. The minimum absolute atomic E-state index is 0.0937. The maximum atomic E-state index is 12.9. The summed E-state index contributed by atoms with van der Waals surface area (Å²) >= 11 is 4.32. The fraction of sp³-hybridized carbons (Fsp3) is 0.200. The summed E-state index contributed by atoms with van der Waals surface area (Å²) in [6.45, 7) is 0.311. The zero-order valence-electron chi connectivity index (χ0n) is 18.6. The average molecular weight is 554 g/mol. The Kier molecular flexibility index (Phi) is 7.28. The normalized spacial score (nSPS) is 15.3. The minimum Gasteiger partial charge on any atom is -0.508 e. The van der Waals surface area contributed by atoms with Gasteiger partial charge in [0, 0.05) is 36.2 Å². The number of rotatable bonds is 7. The first kappa shape index (κ1) is 24.6. The lowest BCUT2D eigenvalue weighted by atomic mass is 10.1. The maximum absolute atomic E-state index is 12.9. The van der Waals surface area contributed by atoms with Gasteiger partial charge in [0.1, 0.15) is 17.6 Å². The highest BCUT2D eigenvalue weighted by Crippen LogP contribution is 2.31. The van der Waals surface area contributed by atoms with Crippen molar-refractivity contribution in [2.24, 2.45) is 0 Å². The summed E-state index contributed by atoms with van der Waals surface area (Å²) in [6.07, 6.45) is 0.324. The van der Waals surface area contributed by atoms with Gasteiger partial charge in [0.05, 0.1) is 10.9 Å². The second-order valence-corrected chi connectivity index (χ2v) is 10.0. The topological polar surface area (TPSA) is 115 Å². The third-order valence-electron chi connectivity index (χ3n) is 5.58. The molecule has 1 aromatic heterocycles. The van der Waals surface area contributed by atoms with Gasteiger partial charge in [-0.25, -0.2) is 4.79 Å². The number of carbonyl (C=O) groups excluding carboxylic acids is 2. The number of phenolic OH excluding ortho intramolecular Hbond substituents is 1. The molecule has 1 N–H and O–H groups in total. The van der Waals surface area contributed by atoms with E-state index in [2.05, 4.69) is 15.9 Å². The zero-order chi connectivity index (χ0) is 25.1. The van der Waals surface area contributed by atoms with Crippen LogP contribution >= 0.6 is 27.7 Å². The fourth-order valence-electron chi connectivity index (χ4n) is 3.74. The van der Waals surface area contributed by atoms with Crippen LogP contribution in [-0.4, -0.2) is 46.5 Å². The van der Waals surface area contributed by atoms with Crippen molar-refractivity contribution in [3.05, 3.63) is 80.6 Å². The molecule has 2 heterocycles. The van der Waals surface area contributed by atoms with Crippen molar-refractivity contribution in [1.29, 1.82) is 5.26 Å². The Morgan fingerprint density at radius 2 is 1.91 bits per heavy atom. The van der Waals surface area contributed by atoms with Crippen molar-refractivity contribution < 1.29 is 19.1 Å². The van der Waals surface area contributed by atoms with Crippen LogP contribution in [0.4, 0.5) is 10.5 Å². The van der Waals surface area contributed by atoms with E-state index in [9.17, 15) is 24.8 Å². The van der Waals surface area contributed by atoms with Crippen molar-refractivity contribution >= 4 is 44.5 Å². The molecule has 0 spiro atoms. The van der Waals surface area contributed by atoms with Crippen LogP contribution in [0, 0.1) is 11.3 Å². The number of halogens is 1. The summed E-state index contributed by atoms with van der Waals surface area (Å²) in [5, 5.41) is 18.2. The highest BCUT2D eigenvalue weighted by atomic mass is 79.9. The molecule has 0 radical (unpaired) electrons. The smallest absolute Gasteiger partial charge is 0.356 e. The van der Waals surface area contributed by atoms with Crippen molar-refractivity contribution in [2.75, 3.05) is 25.0 Å². The summed E-state index contributed by atoms with van der Waals surface area (Å²) in [6, 6.07) is 17.3.